The molecule has 0 bridgehead atoms. The molecule has 0 aliphatic carbocycles. The molecule has 2 heterocycles. The first kappa shape index (κ1) is 16.0. The lowest BCUT2D eigenvalue weighted by atomic mass is 10.1. The number of rotatable bonds is 4. The van der Waals surface area contributed by atoms with Gasteiger partial charge in [-0.15, -0.1) is 0 Å². The maximum absolute atomic E-state index is 6.16. The number of fused-ring (bicyclic) bond motifs is 1. The molecule has 2 aromatic rings. The number of thioether (sulfide) groups is 1. The normalized spacial score (nSPS) is 14.3. The summed E-state index contributed by atoms with van der Waals surface area (Å²) in [5, 5.41) is 9.64. The number of aromatic nitrogens is 2. The van der Waals surface area contributed by atoms with Gasteiger partial charge in [0.05, 0.1) is 11.4 Å². The van der Waals surface area contributed by atoms with Gasteiger partial charge in [0.2, 0.25) is 0 Å². The highest BCUT2D eigenvalue weighted by atomic mass is 35.5. The Kier molecular flexibility index (Phi) is 5.21. The van der Waals surface area contributed by atoms with E-state index in [2.05, 4.69) is 11.6 Å². The predicted molar refractivity (Wildman–Crippen MR) is 97.1 cm³/mol. The number of aryl methyl sites for hydroxylation is 1. The number of nitrogens with one attached hydrogen (secondary N) is 1. The molecule has 0 unspecified atom stereocenters. The molecule has 0 radical (unpaired) electrons. The molecule has 0 saturated carbocycles. The van der Waals surface area contributed by atoms with Crippen LogP contribution in [0.2, 0.25) is 10.0 Å². The van der Waals surface area contributed by atoms with Gasteiger partial charge >= 0.3 is 0 Å². The fourth-order valence-electron chi connectivity index (χ4n) is 2.82. The first-order valence-electron chi connectivity index (χ1n) is 7.49. The van der Waals surface area contributed by atoms with Gasteiger partial charge in [-0.1, -0.05) is 23.2 Å². The zero-order valence-electron chi connectivity index (χ0n) is 12.5. The maximum atomic E-state index is 6.16. The summed E-state index contributed by atoms with van der Waals surface area (Å²) in [7, 11) is 0. The second kappa shape index (κ2) is 7.16. The number of benzene rings is 1. The lowest BCUT2D eigenvalue weighted by Gasteiger charge is -2.10. The molecule has 1 aromatic heterocycles. The largest absolute Gasteiger partial charge is 0.370 e. The van der Waals surface area contributed by atoms with Crippen LogP contribution in [0.5, 0.6) is 0 Å². The Morgan fingerprint density at radius 2 is 2.00 bits per heavy atom. The molecule has 0 amide bonds. The van der Waals surface area contributed by atoms with Crippen LogP contribution < -0.4 is 5.32 Å². The van der Waals surface area contributed by atoms with E-state index >= 15 is 0 Å². The molecular formula is C16H19Cl2N3S. The number of halogens is 2. The van der Waals surface area contributed by atoms with Crippen LogP contribution in [0, 0.1) is 0 Å². The zero-order valence-corrected chi connectivity index (χ0v) is 14.9. The topological polar surface area (TPSA) is 29.9 Å². The molecule has 0 saturated heterocycles. The summed E-state index contributed by atoms with van der Waals surface area (Å²) in [5.74, 6) is 2.19. The van der Waals surface area contributed by atoms with Crippen molar-refractivity contribution in [3.05, 3.63) is 39.5 Å². The van der Waals surface area contributed by atoms with E-state index in [1.165, 1.54) is 24.1 Å². The van der Waals surface area contributed by atoms with Crippen molar-refractivity contribution in [3.8, 4) is 5.69 Å². The van der Waals surface area contributed by atoms with Gasteiger partial charge in [0, 0.05) is 28.6 Å². The van der Waals surface area contributed by atoms with Crippen LogP contribution in [-0.4, -0.2) is 28.3 Å². The summed E-state index contributed by atoms with van der Waals surface area (Å²) < 4.78 is 1.97. The highest BCUT2D eigenvalue weighted by Gasteiger charge is 2.20. The van der Waals surface area contributed by atoms with Gasteiger partial charge < -0.3 is 5.32 Å². The summed E-state index contributed by atoms with van der Waals surface area (Å²) >= 11 is 14.2. The number of anilines is 1. The molecule has 1 aliphatic heterocycles. The Morgan fingerprint density at radius 3 is 2.73 bits per heavy atom. The Morgan fingerprint density at radius 1 is 1.23 bits per heavy atom. The quantitative estimate of drug-likeness (QED) is 0.851. The van der Waals surface area contributed by atoms with E-state index in [0.29, 0.717) is 10.0 Å². The van der Waals surface area contributed by atoms with Crippen molar-refractivity contribution in [2.75, 3.05) is 23.9 Å². The molecule has 0 fully saturated rings. The van der Waals surface area contributed by atoms with Crippen LogP contribution in [0.3, 0.4) is 0 Å². The van der Waals surface area contributed by atoms with Gasteiger partial charge in [-0.05, 0) is 49.5 Å². The molecule has 1 aromatic carbocycles. The molecule has 3 rings (SSSR count). The van der Waals surface area contributed by atoms with E-state index in [0.717, 1.165) is 36.6 Å². The number of hydrogen-bond acceptors (Lipinski definition) is 3. The molecule has 3 nitrogen and oxygen atoms in total. The Bertz CT molecular complexity index is 649. The molecule has 118 valence electrons. The molecule has 1 aliphatic rings. The van der Waals surface area contributed by atoms with Crippen LogP contribution in [-0.2, 0) is 12.8 Å². The van der Waals surface area contributed by atoms with E-state index in [1.807, 2.05) is 28.6 Å². The summed E-state index contributed by atoms with van der Waals surface area (Å²) in [4.78, 5) is 0. The minimum atomic E-state index is 0.631. The molecule has 0 spiro atoms. The fourth-order valence-corrected chi connectivity index (χ4v) is 3.73. The van der Waals surface area contributed by atoms with E-state index < -0.39 is 0 Å². The van der Waals surface area contributed by atoms with Crippen LogP contribution in [0.4, 0.5) is 5.82 Å². The van der Waals surface area contributed by atoms with Crippen molar-refractivity contribution < 1.29 is 0 Å². The van der Waals surface area contributed by atoms with Crippen molar-refractivity contribution in [2.24, 2.45) is 0 Å². The smallest absolute Gasteiger partial charge is 0.133 e. The van der Waals surface area contributed by atoms with E-state index in [9.17, 15) is 0 Å². The Balaban J connectivity index is 2.08. The second-order valence-electron chi connectivity index (χ2n) is 5.44. The van der Waals surface area contributed by atoms with E-state index in [1.54, 1.807) is 6.07 Å². The molecule has 1 N–H and O–H groups in total. The van der Waals surface area contributed by atoms with Crippen LogP contribution in [0.25, 0.3) is 5.69 Å². The third-order valence-electron chi connectivity index (χ3n) is 3.85. The van der Waals surface area contributed by atoms with Crippen LogP contribution >= 0.6 is 35.0 Å². The zero-order chi connectivity index (χ0) is 15.5. The summed E-state index contributed by atoms with van der Waals surface area (Å²) in [6, 6.07) is 5.56. The van der Waals surface area contributed by atoms with Crippen LogP contribution in [0.15, 0.2) is 18.2 Å². The number of nitrogens with zero attached hydrogens (tertiary/aromatic N) is 2. The third-order valence-corrected chi connectivity index (χ3v) is 4.90. The maximum Gasteiger partial charge on any atom is 0.133 e. The first-order chi connectivity index (χ1) is 10.7. The van der Waals surface area contributed by atoms with Crippen molar-refractivity contribution in [1.29, 1.82) is 0 Å². The highest BCUT2D eigenvalue weighted by molar-refractivity contribution is 7.98. The Hall–Kier alpha value is -0.840. The van der Waals surface area contributed by atoms with Gasteiger partial charge in [0.1, 0.15) is 5.82 Å². The van der Waals surface area contributed by atoms with Crippen molar-refractivity contribution in [2.45, 2.75) is 25.7 Å². The van der Waals surface area contributed by atoms with Crippen molar-refractivity contribution >= 4 is 40.8 Å². The molecule has 0 atom stereocenters. The van der Waals surface area contributed by atoms with Gasteiger partial charge in [-0.25, -0.2) is 4.68 Å². The summed E-state index contributed by atoms with van der Waals surface area (Å²) in [6.45, 7) is 0.981. The summed E-state index contributed by atoms with van der Waals surface area (Å²) in [6.07, 6.45) is 6.60. The minimum Gasteiger partial charge on any atom is -0.370 e. The van der Waals surface area contributed by atoms with Crippen molar-refractivity contribution in [1.82, 2.24) is 9.78 Å². The lowest BCUT2D eigenvalue weighted by Crippen LogP contribution is -2.07. The standard InChI is InChI=1S/C16H19Cl2N3S/c1-22-7-5-15-14-4-2-3-6-19-16(14)21(20-15)13-9-11(17)8-12(18)10-13/h8-10,19H,2-7H2,1H3. The second-order valence-corrected chi connectivity index (χ2v) is 7.30. The average Bonchev–Trinajstić information content (AvgIpc) is 2.66. The number of hydrogen-bond donors (Lipinski definition) is 1. The molecule has 6 heteroatoms. The van der Waals surface area contributed by atoms with E-state index in [-0.39, 0.29) is 0 Å². The summed E-state index contributed by atoms with van der Waals surface area (Å²) in [5.41, 5.74) is 3.45. The predicted octanol–water partition coefficient (Wildman–Crippen LogP) is 4.83. The van der Waals surface area contributed by atoms with Gasteiger partial charge in [-0.2, -0.15) is 16.9 Å². The van der Waals surface area contributed by atoms with Gasteiger partial charge in [0.15, 0.2) is 0 Å². The fraction of sp³-hybridized carbons (Fsp3) is 0.438. The molecular weight excluding hydrogens is 337 g/mol. The van der Waals surface area contributed by atoms with Gasteiger partial charge in [-0.3, -0.25) is 0 Å². The monoisotopic (exact) mass is 355 g/mol. The van der Waals surface area contributed by atoms with E-state index in [4.69, 9.17) is 28.3 Å². The SMILES string of the molecule is CSCCc1nn(-c2cc(Cl)cc(Cl)c2)c2c1CCCCN2. The molecule has 22 heavy (non-hydrogen) atoms. The third kappa shape index (κ3) is 3.39. The van der Waals surface area contributed by atoms with Crippen molar-refractivity contribution in [3.63, 3.8) is 0 Å². The minimum absolute atomic E-state index is 0.631. The highest BCUT2D eigenvalue weighted by Crippen LogP contribution is 2.30. The first-order valence-corrected chi connectivity index (χ1v) is 9.64. The lowest BCUT2D eigenvalue weighted by molar-refractivity contribution is 0.766. The Labute approximate surface area is 145 Å². The van der Waals surface area contributed by atoms with Gasteiger partial charge in [0.25, 0.3) is 0 Å². The average molecular weight is 356 g/mol. The van der Waals surface area contributed by atoms with Crippen LogP contribution in [0.1, 0.15) is 24.1 Å².